The summed E-state index contributed by atoms with van der Waals surface area (Å²) in [5, 5.41) is 2.58. The number of benzene rings is 1. The van der Waals surface area contributed by atoms with E-state index in [0.29, 0.717) is 18.1 Å². The summed E-state index contributed by atoms with van der Waals surface area (Å²) in [6.07, 6.45) is 0. The van der Waals surface area contributed by atoms with Crippen LogP contribution in [0, 0.1) is 0 Å². The highest BCUT2D eigenvalue weighted by Gasteiger charge is 2.17. The lowest BCUT2D eigenvalue weighted by Gasteiger charge is -2.12. The van der Waals surface area contributed by atoms with E-state index in [1.807, 2.05) is 6.07 Å². The summed E-state index contributed by atoms with van der Waals surface area (Å²) in [4.78, 5) is 23.2. The number of carbonyl (C=O) groups excluding carboxylic acids is 2. The first kappa shape index (κ1) is 14.5. The molecule has 1 aromatic rings. The summed E-state index contributed by atoms with van der Waals surface area (Å²) in [6.45, 7) is 3.60. The molecule has 4 nitrogen and oxygen atoms in total. The molecule has 0 bridgehead atoms. The maximum absolute atomic E-state index is 11.9. The molecule has 1 N–H and O–H groups in total. The van der Waals surface area contributed by atoms with Crippen LogP contribution in [-0.2, 0) is 15.4 Å². The van der Waals surface area contributed by atoms with Crippen molar-refractivity contribution >= 4 is 23.5 Å². The lowest BCUT2D eigenvalue weighted by Crippen LogP contribution is -2.39. The summed E-state index contributed by atoms with van der Waals surface area (Å²) in [5.74, 6) is -0.420. The van der Waals surface area contributed by atoms with Gasteiger partial charge in [-0.25, -0.2) is 4.79 Å². The fraction of sp³-hybridized carbons (Fsp3) is 0.385. The second-order valence-corrected chi connectivity index (χ2v) is 4.05. The molecule has 0 aliphatic heterocycles. The molecule has 0 radical (unpaired) electrons. The van der Waals surface area contributed by atoms with Gasteiger partial charge in [-0.2, -0.15) is 0 Å². The molecule has 5 heteroatoms. The molecule has 0 aromatic heterocycles. The number of hydrogen-bond acceptors (Lipinski definition) is 3. The Balaban J connectivity index is 2.67. The average Bonchev–Trinajstić information content (AvgIpc) is 2.39. The van der Waals surface area contributed by atoms with E-state index in [-0.39, 0.29) is 5.91 Å². The van der Waals surface area contributed by atoms with Crippen LogP contribution in [0.2, 0.25) is 0 Å². The molecule has 1 amide bonds. The first-order valence-electron chi connectivity index (χ1n) is 5.71. The Hall–Kier alpha value is -1.55. The van der Waals surface area contributed by atoms with E-state index in [2.05, 4.69) is 5.32 Å². The van der Waals surface area contributed by atoms with Crippen molar-refractivity contribution in [1.29, 1.82) is 0 Å². The highest BCUT2D eigenvalue weighted by molar-refractivity contribution is 6.17. The van der Waals surface area contributed by atoms with E-state index < -0.39 is 12.0 Å². The predicted octanol–water partition coefficient (Wildman–Crippen LogP) is 2.11. The molecule has 98 valence electrons. The molecule has 0 saturated carbocycles. The average molecular weight is 270 g/mol. The van der Waals surface area contributed by atoms with Crippen molar-refractivity contribution in [3.05, 3.63) is 35.4 Å². The molecular formula is C13H16ClNO3. The quantitative estimate of drug-likeness (QED) is 0.658. The summed E-state index contributed by atoms with van der Waals surface area (Å²) < 4.78 is 4.81. The van der Waals surface area contributed by atoms with E-state index in [1.54, 1.807) is 32.0 Å². The smallest absolute Gasteiger partial charge is 0.328 e. The number of alkyl halides is 1. The largest absolute Gasteiger partial charge is 0.464 e. The summed E-state index contributed by atoms with van der Waals surface area (Å²) in [7, 11) is 0. The SMILES string of the molecule is CCOC(=O)C(C)NC(=O)c1cccc(CCl)c1. The van der Waals surface area contributed by atoms with Crippen LogP contribution < -0.4 is 5.32 Å². The summed E-state index contributed by atoms with van der Waals surface area (Å²) in [5.41, 5.74) is 1.33. The van der Waals surface area contributed by atoms with Gasteiger partial charge in [0.1, 0.15) is 6.04 Å². The number of rotatable bonds is 5. The molecule has 0 saturated heterocycles. The predicted molar refractivity (Wildman–Crippen MR) is 69.6 cm³/mol. The molecular weight excluding hydrogens is 254 g/mol. The zero-order valence-corrected chi connectivity index (χ0v) is 11.2. The van der Waals surface area contributed by atoms with Crippen molar-refractivity contribution in [3.63, 3.8) is 0 Å². The summed E-state index contributed by atoms with van der Waals surface area (Å²) in [6, 6.07) is 6.28. The van der Waals surface area contributed by atoms with E-state index in [9.17, 15) is 9.59 Å². The lowest BCUT2D eigenvalue weighted by atomic mass is 10.1. The third kappa shape index (κ3) is 4.04. The number of nitrogens with one attached hydrogen (secondary N) is 1. The minimum absolute atomic E-state index is 0.292. The molecule has 0 aliphatic rings. The first-order valence-corrected chi connectivity index (χ1v) is 6.24. The summed E-state index contributed by atoms with van der Waals surface area (Å²) >= 11 is 5.70. The minimum atomic E-state index is -0.669. The fourth-order valence-electron chi connectivity index (χ4n) is 1.40. The standard InChI is InChI=1S/C13H16ClNO3/c1-3-18-13(17)9(2)15-12(16)11-6-4-5-10(7-11)8-14/h4-7,9H,3,8H2,1-2H3,(H,15,16). The molecule has 18 heavy (non-hydrogen) atoms. The second kappa shape index (κ2) is 7.01. The lowest BCUT2D eigenvalue weighted by molar-refractivity contribution is -0.144. The Labute approximate surface area is 111 Å². The zero-order chi connectivity index (χ0) is 13.5. The van der Waals surface area contributed by atoms with Gasteiger partial charge in [-0.15, -0.1) is 11.6 Å². The maximum atomic E-state index is 11.9. The van der Waals surface area contributed by atoms with Crippen LogP contribution in [0.1, 0.15) is 29.8 Å². The van der Waals surface area contributed by atoms with Gasteiger partial charge in [0.25, 0.3) is 5.91 Å². The van der Waals surface area contributed by atoms with Crippen LogP contribution in [0.15, 0.2) is 24.3 Å². The fourth-order valence-corrected chi connectivity index (χ4v) is 1.57. The Morgan fingerprint density at radius 2 is 2.17 bits per heavy atom. The monoisotopic (exact) mass is 269 g/mol. The zero-order valence-electron chi connectivity index (χ0n) is 10.4. The van der Waals surface area contributed by atoms with Crippen LogP contribution in [0.3, 0.4) is 0 Å². The van der Waals surface area contributed by atoms with Gasteiger partial charge in [-0.3, -0.25) is 4.79 Å². The number of hydrogen-bond donors (Lipinski definition) is 1. The second-order valence-electron chi connectivity index (χ2n) is 3.78. The molecule has 0 aliphatic carbocycles. The van der Waals surface area contributed by atoms with Gasteiger partial charge in [0.05, 0.1) is 6.61 Å². The molecule has 0 spiro atoms. The van der Waals surface area contributed by atoms with E-state index in [1.165, 1.54) is 0 Å². The van der Waals surface area contributed by atoms with Crippen LogP contribution in [0.4, 0.5) is 0 Å². The molecule has 0 fully saturated rings. The van der Waals surface area contributed by atoms with Crippen molar-refractivity contribution in [2.75, 3.05) is 6.61 Å². The van der Waals surface area contributed by atoms with Crippen molar-refractivity contribution in [2.24, 2.45) is 0 Å². The minimum Gasteiger partial charge on any atom is -0.464 e. The number of halogens is 1. The van der Waals surface area contributed by atoms with Crippen molar-refractivity contribution in [2.45, 2.75) is 25.8 Å². The van der Waals surface area contributed by atoms with Gasteiger partial charge >= 0.3 is 5.97 Å². The Morgan fingerprint density at radius 3 is 2.78 bits per heavy atom. The molecule has 1 unspecified atom stereocenters. The highest BCUT2D eigenvalue weighted by Crippen LogP contribution is 2.08. The van der Waals surface area contributed by atoms with Crippen LogP contribution in [0.25, 0.3) is 0 Å². The first-order chi connectivity index (χ1) is 8.58. The Kier molecular flexibility index (Phi) is 5.65. The van der Waals surface area contributed by atoms with Gasteiger partial charge < -0.3 is 10.1 Å². The van der Waals surface area contributed by atoms with Crippen LogP contribution >= 0.6 is 11.6 Å². The third-order valence-corrected chi connectivity index (χ3v) is 2.64. The third-order valence-electron chi connectivity index (χ3n) is 2.33. The van der Waals surface area contributed by atoms with Crippen molar-refractivity contribution in [3.8, 4) is 0 Å². The van der Waals surface area contributed by atoms with Gasteiger partial charge in [0.2, 0.25) is 0 Å². The van der Waals surface area contributed by atoms with Crippen molar-refractivity contribution < 1.29 is 14.3 Å². The topological polar surface area (TPSA) is 55.4 Å². The maximum Gasteiger partial charge on any atom is 0.328 e. The molecule has 1 aromatic carbocycles. The molecule has 1 rings (SSSR count). The van der Waals surface area contributed by atoms with Crippen LogP contribution in [0.5, 0.6) is 0 Å². The molecule has 0 heterocycles. The van der Waals surface area contributed by atoms with Gasteiger partial charge in [-0.05, 0) is 31.5 Å². The van der Waals surface area contributed by atoms with Gasteiger partial charge in [-0.1, -0.05) is 12.1 Å². The molecule has 1 atom stereocenters. The van der Waals surface area contributed by atoms with Crippen molar-refractivity contribution in [1.82, 2.24) is 5.32 Å². The number of ether oxygens (including phenoxy) is 1. The van der Waals surface area contributed by atoms with E-state index >= 15 is 0 Å². The highest BCUT2D eigenvalue weighted by atomic mass is 35.5. The van der Waals surface area contributed by atoms with Gasteiger partial charge in [0, 0.05) is 11.4 Å². The van der Waals surface area contributed by atoms with Gasteiger partial charge in [0.15, 0.2) is 0 Å². The number of carbonyl (C=O) groups is 2. The normalized spacial score (nSPS) is 11.7. The Bertz CT molecular complexity index is 434. The Morgan fingerprint density at radius 1 is 1.44 bits per heavy atom. The number of amides is 1. The van der Waals surface area contributed by atoms with E-state index in [0.717, 1.165) is 5.56 Å². The number of esters is 1. The van der Waals surface area contributed by atoms with E-state index in [4.69, 9.17) is 16.3 Å². The van der Waals surface area contributed by atoms with Crippen LogP contribution in [-0.4, -0.2) is 24.5 Å².